The number of rotatable bonds is 6. The molecule has 0 spiro atoms. The number of fused-ring (bicyclic) bond motifs is 1. The van der Waals surface area contributed by atoms with Gasteiger partial charge >= 0.3 is 0 Å². The molecule has 6 heteroatoms. The molecular weight excluding hydrogens is 366 g/mol. The maximum atomic E-state index is 4.76. The van der Waals surface area contributed by atoms with Crippen LogP contribution < -0.4 is 5.32 Å². The monoisotopic (exact) mass is 381 g/mol. The van der Waals surface area contributed by atoms with Crippen LogP contribution in [0.4, 0.5) is 0 Å². The van der Waals surface area contributed by atoms with Crippen molar-refractivity contribution in [3.05, 3.63) is 46.0 Å². The van der Waals surface area contributed by atoms with E-state index in [1.54, 1.807) is 23.1 Å². The number of benzene rings is 1. The highest BCUT2D eigenvalue weighted by atomic mass is 79.9. The molecule has 21 heavy (non-hydrogen) atoms. The van der Waals surface area contributed by atoms with Crippen LogP contribution in [-0.2, 0) is 6.54 Å². The molecule has 0 fully saturated rings. The third-order valence-electron chi connectivity index (χ3n) is 3.07. The zero-order valence-electron chi connectivity index (χ0n) is 11.7. The molecule has 0 amide bonds. The van der Waals surface area contributed by atoms with Gasteiger partial charge in [-0.15, -0.1) is 11.3 Å². The lowest BCUT2D eigenvalue weighted by Gasteiger charge is -2.05. The quantitative estimate of drug-likeness (QED) is 0.621. The summed E-state index contributed by atoms with van der Waals surface area (Å²) in [7, 11) is 0. The summed E-state index contributed by atoms with van der Waals surface area (Å²) < 4.78 is 3.29. The predicted octanol–water partition coefficient (Wildman–Crippen LogP) is 4.81. The van der Waals surface area contributed by atoms with Gasteiger partial charge in [0.15, 0.2) is 4.96 Å². The van der Waals surface area contributed by atoms with Gasteiger partial charge < -0.3 is 5.32 Å². The Morgan fingerprint density at radius 1 is 1.33 bits per heavy atom. The van der Waals surface area contributed by atoms with E-state index in [-0.39, 0.29) is 0 Å². The van der Waals surface area contributed by atoms with E-state index < -0.39 is 0 Å². The standard InChI is InChI=1S/C15H16BrN3S2/c1-2-7-17-10-13-14(18-15-19(13)8-9-20-15)21-12-5-3-11(16)4-6-12/h3-6,8-9,17H,2,7,10H2,1H3. The Labute approximate surface area is 140 Å². The summed E-state index contributed by atoms with van der Waals surface area (Å²) in [5.74, 6) is 0. The van der Waals surface area contributed by atoms with Gasteiger partial charge in [0.25, 0.3) is 0 Å². The smallest absolute Gasteiger partial charge is 0.194 e. The fourth-order valence-corrected chi connectivity index (χ4v) is 4.02. The molecule has 0 aliphatic rings. The molecule has 0 radical (unpaired) electrons. The van der Waals surface area contributed by atoms with Gasteiger partial charge in [-0.3, -0.25) is 4.40 Å². The van der Waals surface area contributed by atoms with Gasteiger partial charge in [0, 0.05) is 27.5 Å². The van der Waals surface area contributed by atoms with E-state index in [1.165, 1.54) is 10.6 Å². The van der Waals surface area contributed by atoms with Crippen molar-refractivity contribution >= 4 is 44.0 Å². The third kappa shape index (κ3) is 3.51. The van der Waals surface area contributed by atoms with Crippen molar-refractivity contribution in [2.45, 2.75) is 29.8 Å². The second-order valence-corrected chi connectivity index (χ2v) is 7.50. The highest BCUT2D eigenvalue weighted by Gasteiger charge is 2.14. The molecule has 2 aromatic heterocycles. The molecule has 0 atom stereocenters. The minimum atomic E-state index is 0.852. The fourth-order valence-electron chi connectivity index (χ4n) is 2.05. The molecule has 0 unspecified atom stereocenters. The molecule has 0 aliphatic carbocycles. The maximum absolute atomic E-state index is 4.76. The Morgan fingerprint density at radius 3 is 2.90 bits per heavy atom. The zero-order valence-corrected chi connectivity index (χ0v) is 14.9. The minimum absolute atomic E-state index is 0.852. The zero-order chi connectivity index (χ0) is 14.7. The van der Waals surface area contributed by atoms with E-state index in [0.29, 0.717) is 0 Å². The predicted molar refractivity (Wildman–Crippen MR) is 93.3 cm³/mol. The third-order valence-corrected chi connectivity index (χ3v) is 5.39. The summed E-state index contributed by atoms with van der Waals surface area (Å²) in [6.07, 6.45) is 3.24. The average Bonchev–Trinajstić information content (AvgIpc) is 3.04. The van der Waals surface area contributed by atoms with Crippen molar-refractivity contribution in [2.24, 2.45) is 0 Å². The Kier molecular flexibility index (Phi) is 5.00. The van der Waals surface area contributed by atoms with Crippen molar-refractivity contribution in [3.8, 4) is 0 Å². The van der Waals surface area contributed by atoms with E-state index in [9.17, 15) is 0 Å². The molecule has 1 N–H and O–H groups in total. The number of aromatic nitrogens is 2. The van der Waals surface area contributed by atoms with Gasteiger partial charge in [-0.25, -0.2) is 4.98 Å². The normalized spacial score (nSPS) is 11.3. The van der Waals surface area contributed by atoms with Crippen molar-refractivity contribution in [1.82, 2.24) is 14.7 Å². The van der Waals surface area contributed by atoms with Gasteiger partial charge in [-0.2, -0.15) is 0 Å². The molecule has 3 nitrogen and oxygen atoms in total. The highest BCUT2D eigenvalue weighted by molar-refractivity contribution is 9.10. The Balaban J connectivity index is 1.87. The molecular formula is C15H16BrN3S2. The maximum Gasteiger partial charge on any atom is 0.194 e. The first kappa shape index (κ1) is 15.1. The molecule has 0 saturated carbocycles. The average molecular weight is 382 g/mol. The molecule has 0 aliphatic heterocycles. The van der Waals surface area contributed by atoms with Crippen molar-refractivity contribution < 1.29 is 0 Å². The van der Waals surface area contributed by atoms with E-state index in [1.807, 2.05) is 0 Å². The molecule has 2 heterocycles. The molecule has 3 rings (SSSR count). The van der Waals surface area contributed by atoms with Crippen molar-refractivity contribution in [2.75, 3.05) is 6.54 Å². The molecule has 1 aromatic carbocycles. The number of thiazole rings is 1. The second-order valence-electron chi connectivity index (χ2n) is 4.65. The summed E-state index contributed by atoms with van der Waals surface area (Å²) in [6, 6.07) is 8.36. The summed E-state index contributed by atoms with van der Waals surface area (Å²) in [4.78, 5) is 7.03. The summed E-state index contributed by atoms with van der Waals surface area (Å²) in [5, 5.41) is 6.65. The van der Waals surface area contributed by atoms with Crippen LogP contribution in [-0.4, -0.2) is 15.9 Å². The highest BCUT2D eigenvalue weighted by Crippen LogP contribution is 2.32. The van der Waals surface area contributed by atoms with Crippen molar-refractivity contribution in [3.63, 3.8) is 0 Å². The first-order valence-corrected chi connectivity index (χ1v) is 9.35. The topological polar surface area (TPSA) is 29.3 Å². The van der Waals surface area contributed by atoms with Crippen LogP contribution in [0, 0.1) is 0 Å². The first-order valence-electron chi connectivity index (χ1n) is 6.86. The van der Waals surface area contributed by atoms with Crippen LogP contribution in [0.15, 0.2) is 50.2 Å². The first-order chi connectivity index (χ1) is 10.3. The lowest BCUT2D eigenvalue weighted by Crippen LogP contribution is -2.15. The molecule has 110 valence electrons. The lowest BCUT2D eigenvalue weighted by molar-refractivity contribution is 0.653. The molecule has 0 saturated heterocycles. The second kappa shape index (κ2) is 6.96. The summed E-state index contributed by atoms with van der Waals surface area (Å²) in [6.45, 7) is 4.06. The number of halogens is 1. The van der Waals surface area contributed by atoms with Gasteiger partial charge in [-0.05, 0) is 37.2 Å². The van der Waals surface area contributed by atoms with Crippen LogP contribution in [0.5, 0.6) is 0 Å². The van der Waals surface area contributed by atoms with Crippen LogP contribution in [0.3, 0.4) is 0 Å². The number of hydrogen-bond donors (Lipinski definition) is 1. The van der Waals surface area contributed by atoms with Gasteiger partial charge in [0.1, 0.15) is 5.03 Å². The lowest BCUT2D eigenvalue weighted by atomic mass is 10.4. The minimum Gasteiger partial charge on any atom is -0.311 e. The SMILES string of the molecule is CCCNCc1c(Sc2ccc(Br)cc2)nc2sccn12. The summed E-state index contributed by atoms with van der Waals surface area (Å²) >= 11 is 6.88. The largest absolute Gasteiger partial charge is 0.311 e. The number of imidazole rings is 1. The summed E-state index contributed by atoms with van der Waals surface area (Å²) in [5.41, 5.74) is 1.24. The van der Waals surface area contributed by atoms with Crippen LogP contribution in [0.1, 0.15) is 19.0 Å². The van der Waals surface area contributed by atoms with Crippen LogP contribution in [0.25, 0.3) is 4.96 Å². The van der Waals surface area contributed by atoms with E-state index in [2.05, 4.69) is 68.4 Å². The fraction of sp³-hybridized carbons (Fsp3) is 0.267. The number of hydrogen-bond acceptors (Lipinski definition) is 4. The van der Waals surface area contributed by atoms with E-state index in [4.69, 9.17) is 4.98 Å². The number of nitrogens with zero attached hydrogens (tertiary/aromatic N) is 2. The molecule has 3 aromatic rings. The van der Waals surface area contributed by atoms with Gasteiger partial charge in [-0.1, -0.05) is 34.6 Å². The molecule has 0 bridgehead atoms. The van der Waals surface area contributed by atoms with Crippen molar-refractivity contribution in [1.29, 1.82) is 0 Å². The van der Waals surface area contributed by atoms with E-state index in [0.717, 1.165) is 34.0 Å². The van der Waals surface area contributed by atoms with Crippen LogP contribution >= 0.6 is 39.0 Å². The Morgan fingerprint density at radius 2 is 2.14 bits per heavy atom. The van der Waals surface area contributed by atoms with Gasteiger partial charge in [0.2, 0.25) is 0 Å². The Bertz CT molecular complexity index is 718. The van der Waals surface area contributed by atoms with Crippen LogP contribution in [0.2, 0.25) is 0 Å². The Hall–Kier alpha value is -0.820. The number of nitrogens with one attached hydrogen (secondary N) is 1. The van der Waals surface area contributed by atoms with E-state index >= 15 is 0 Å². The van der Waals surface area contributed by atoms with Gasteiger partial charge in [0.05, 0.1) is 5.69 Å².